The second-order valence-corrected chi connectivity index (χ2v) is 7.46. The highest BCUT2D eigenvalue weighted by atomic mass is 35.5. The first kappa shape index (κ1) is 20.9. The number of carbonyl (C=O) groups is 1. The van der Waals surface area contributed by atoms with Gasteiger partial charge < -0.3 is 24.8 Å². The Morgan fingerprint density at radius 1 is 1.26 bits per heavy atom. The predicted octanol–water partition coefficient (Wildman–Crippen LogP) is 4.70. The Kier molecular flexibility index (Phi) is 5.94. The number of piperidine rings is 1. The SMILES string of the molecule is COc1cc2ncnc(Nc3cccc(Cl)c3F)c2cc1OC1CCN(C(=O)O)CC1. The summed E-state index contributed by atoms with van der Waals surface area (Å²) in [6.45, 7) is 0.805. The van der Waals surface area contributed by atoms with Gasteiger partial charge in [-0.25, -0.2) is 19.2 Å². The molecule has 1 aliphatic rings. The molecular formula is C21H20ClFN4O4. The second kappa shape index (κ2) is 8.81. The van der Waals surface area contributed by atoms with E-state index in [1.807, 2.05) is 0 Å². The number of ether oxygens (including phenoxy) is 2. The molecule has 0 radical (unpaired) electrons. The minimum Gasteiger partial charge on any atom is -0.493 e. The highest BCUT2D eigenvalue weighted by Gasteiger charge is 2.25. The van der Waals surface area contributed by atoms with Crippen molar-refractivity contribution in [2.45, 2.75) is 18.9 Å². The molecule has 2 aromatic carbocycles. The van der Waals surface area contributed by atoms with Gasteiger partial charge in [-0.05, 0) is 18.2 Å². The smallest absolute Gasteiger partial charge is 0.407 e. The second-order valence-electron chi connectivity index (χ2n) is 7.06. The number of hydrogen-bond donors (Lipinski definition) is 2. The van der Waals surface area contributed by atoms with Crippen LogP contribution >= 0.6 is 11.6 Å². The summed E-state index contributed by atoms with van der Waals surface area (Å²) >= 11 is 5.88. The fourth-order valence-electron chi connectivity index (χ4n) is 3.49. The van der Waals surface area contributed by atoms with E-state index in [-0.39, 0.29) is 16.8 Å². The Labute approximate surface area is 182 Å². The third kappa shape index (κ3) is 4.41. The normalized spacial score (nSPS) is 14.5. The van der Waals surface area contributed by atoms with Crippen molar-refractivity contribution >= 4 is 40.1 Å². The molecule has 1 saturated heterocycles. The number of hydrogen-bond acceptors (Lipinski definition) is 6. The van der Waals surface area contributed by atoms with E-state index < -0.39 is 11.9 Å². The van der Waals surface area contributed by atoms with Gasteiger partial charge in [0.05, 0.1) is 23.3 Å². The summed E-state index contributed by atoms with van der Waals surface area (Å²) < 4.78 is 26.0. The van der Waals surface area contributed by atoms with E-state index in [1.165, 1.54) is 24.4 Å². The van der Waals surface area contributed by atoms with Gasteiger partial charge in [-0.2, -0.15) is 0 Å². The van der Waals surface area contributed by atoms with Crippen molar-refractivity contribution in [3.8, 4) is 11.5 Å². The molecule has 0 saturated carbocycles. The van der Waals surface area contributed by atoms with Gasteiger partial charge in [0.2, 0.25) is 0 Å². The standard InChI is InChI=1S/C21H20ClFN4O4/c1-30-17-10-16-13(9-18(17)31-12-5-7-27(8-6-12)21(28)29)20(25-11-24-16)26-15-4-2-3-14(22)19(15)23/h2-4,9-12H,5-8H2,1H3,(H,28,29)(H,24,25,26). The summed E-state index contributed by atoms with van der Waals surface area (Å²) in [5.74, 6) is 0.783. The maximum absolute atomic E-state index is 14.4. The Morgan fingerprint density at radius 2 is 2.03 bits per heavy atom. The van der Waals surface area contributed by atoms with Gasteiger partial charge in [0.1, 0.15) is 18.2 Å². The molecule has 162 valence electrons. The van der Waals surface area contributed by atoms with Crippen LogP contribution in [-0.4, -0.2) is 52.4 Å². The quantitative estimate of drug-likeness (QED) is 0.586. The van der Waals surface area contributed by atoms with E-state index >= 15 is 0 Å². The monoisotopic (exact) mass is 446 g/mol. The maximum Gasteiger partial charge on any atom is 0.407 e. The molecule has 10 heteroatoms. The summed E-state index contributed by atoms with van der Waals surface area (Å²) in [4.78, 5) is 21.0. The maximum atomic E-state index is 14.4. The minimum absolute atomic E-state index is 0.00163. The number of carboxylic acid groups (broad SMARTS) is 1. The first-order chi connectivity index (χ1) is 15.0. The van der Waals surface area contributed by atoms with Gasteiger partial charge >= 0.3 is 6.09 Å². The summed E-state index contributed by atoms with van der Waals surface area (Å²) in [5.41, 5.74) is 0.775. The fraction of sp³-hybridized carbons (Fsp3) is 0.286. The van der Waals surface area contributed by atoms with E-state index in [4.69, 9.17) is 26.2 Å². The third-order valence-electron chi connectivity index (χ3n) is 5.13. The lowest BCUT2D eigenvalue weighted by Gasteiger charge is -2.30. The molecular weight excluding hydrogens is 427 g/mol. The molecule has 1 amide bonds. The Balaban J connectivity index is 1.64. The van der Waals surface area contributed by atoms with E-state index in [1.54, 1.807) is 24.3 Å². The van der Waals surface area contributed by atoms with Crippen LogP contribution < -0.4 is 14.8 Å². The topological polar surface area (TPSA) is 96.8 Å². The predicted molar refractivity (Wildman–Crippen MR) is 114 cm³/mol. The van der Waals surface area contributed by atoms with Gasteiger partial charge in [0, 0.05) is 37.4 Å². The number of aromatic nitrogens is 2. The van der Waals surface area contributed by atoms with Crippen LogP contribution in [0.1, 0.15) is 12.8 Å². The molecule has 2 heterocycles. The first-order valence-electron chi connectivity index (χ1n) is 9.64. The molecule has 31 heavy (non-hydrogen) atoms. The van der Waals surface area contributed by atoms with E-state index in [2.05, 4.69) is 15.3 Å². The number of benzene rings is 2. The molecule has 0 bridgehead atoms. The van der Waals surface area contributed by atoms with E-state index in [0.717, 1.165) is 0 Å². The van der Waals surface area contributed by atoms with Gasteiger partial charge in [0.15, 0.2) is 17.3 Å². The molecule has 1 aliphatic heterocycles. The molecule has 0 aliphatic carbocycles. The van der Waals surface area contributed by atoms with Gasteiger partial charge in [-0.15, -0.1) is 0 Å². The average Bonchev–Trinajstić information content (AvgIpc) is 2.77. The van der Waals surface area contributed by atoms with Crippen molar-refractivity contribution in [1.29, 1.82) is 0 Å². The number of anilines is 2. The highest BCUT2D eigenvalue weighted by Crippen LogP contribution is 2.36. The van der Waals surface area contributed by atoms with E-state index in [0.29, 0.717) is 54.2 Å². The van der Waals surface area contributed by atoms with Gasteiger partial charge in [-0.1, -0.05) is 17.7 Å². The van der Waals surface area contributed by atoms with Crippen molar-refractivity contribution in [3.05, 3.63) is 47.5 Å². The zero-order valence-electron chi connectivity index (χ0n) is 16.6. The molecule has 3 aromatic rings. The lowest BCUT2D eigenvalue weighted by Crippen LogP contribution is -2.41. The minimum atomic E-state index is -0.928. The largest absolute Gasteiger partial charge is 0.493 e. The number of likely N-dealkylation sites (tertiary alicyclic amines) is 1. The lowest BCUT2D eigenvalue weighted by molar-refractivity contribution is 0.0879. The number of nitrogens with one attached hydrogen (secondary N) is 1. The van der Waals surface area contributed by atoms with Crippen molar-refractivity contribution in [2.24, 2.45) is 0 Å². The number of rotatable bonds is 5. The van der Waals surface area contributed by atoms with Crippen LogP contribution in [0.5, 0.6) is 11.5 Å². The summed E-state index contributed by atoms with van der Waals surface area (Å²) in [6.07, 6.45) is 1.42. The van der Waals surface area contributed by atoms with Crippen LogP contribution in [0.4, 0.5) is 20.7 Å². The molecule has 4 rings (SSSR count). The fourth-order valence-corrected chi connectivity index (χ4v) is 3.66. The van der Waals surface area contributed by atoms with Crippen molar-refractivity contribution in [2.75, 3.05) is 25.5 Å². The molecule has 0 atom stereocenters. The molecule has 1 aromatic heterocycles. The zero-order valence-corrected chi connectivity index (χ0v) is 17.4. The Hall–Kier alpha value is -3.33. The van der Waals surface area contributed by atoms with Crippen molar-refractivity contribution < 1.29 is 23.8 Å². The van der Waals surface area contributed by atoms with Crippen molar-refractivity contribution in [3.63, 3.8) is 0 Å². The summed E-state index contributed by atoms with van der Waals surface area (Å²) in [5, 5.41) is 12.7. The van der Waals surface area contributed by atoms with Gasteiger partial charge in [-0.3, -0.25) is 0 Å². The first-order valence-corrected chi connectivity index (χ1v) is 10.0. The number of halogens is 2. The molecule has 1 fully saturated rings. The van der Waals surface area contributed by atoms with Crippen LogP contribution in [0.25, 0.3) is 10.9 Å². The Bertz CT molecular complexity index is 1120. The zero-order chi connectivity index (χ0) is 22.0. The lowest BCUT2D eigenvalue weighted by atomic mass is 10.1. The van der Waals surface area contributed by atoms with Crippen LogP contribution in [0.3, 0.4) is 0 Å². The summed E-state index contributed by atoms with van der Waals surface area (Å²) in [7, 11) is 1.53. The third-order valence-corrected chi connectivity index (χ3v) is 5.42. The van der Waals surface area contributed by atoms with Crippen molar-refractivity contribution in [1.82, 2.24) is 14.9 Å². The number of amides is 1. The van der Waals surface area contributed by atoms with Crippen LogP contribution in [-0.2, 0) is 0 Å². The highest BCUT2D eigenvalue weighted by molar-refractivity contribution is 6.31. The number of methoxy groups -OCH3 is 1. The van der Waals surface area contributed by atoms with E-state index in [9.17, 15) is 9.18 Å². The van der Waals surface area contributed by atoms with Crippen LogP contribution in [0, 0.1) is 5.82 Å². The van der Waals surface area contributed by atoms with Crippen LogP contribution in [0.15, 0.2) is 36.7 Å². The van der Waals surface area contributed by atoms with Crippen LogP contribution in [0.2, 0.25) is 5.02 Å². The number of fused-ring (bicyclic) bond motifs is 1. The molecule has 8 nitrogen and oxygen atoms in total. The number of nitrogens with zero attached hydrogens (tertiary/aromatic N) is 3. The summed E-state index contributed by atoms with van der Waals surface area (Å²) in [6, 6.07) is 8.12. The van der Waals surface area contributed by atoms with Gasteiger partial charge in [0.25, 0.3) is 0 Å². The molecule has 0 unspecified atom stereocenters. The average molecular weight is 447 g/mol. The Morgan fingerprint density at radius 3 is 2.74 bits per heavy atom. The molecule has 0 spiro atoms. The molecule has 2 N–H and O–H groups in total.